The van der Waals surface area contributed by atoms with Gasteiger partial charge in [-0.05, 0) is 25.3 Å². The molecule has 0 bridgehead atoms. The first kappa shape index (κ1) is 11.0. The van der Waals surface area contributed by atoms with E-state index in [4.69, 9.17) is 5.73 Å². The molecule has 2 heterocycles. The van der Waals surface area contributed by atoms with E-state index in [0.717, 1.165) is 32.4 Å². The zero-order chi connectivity index (χ0) is 11.5. The van der Waals surface area contributed by atoms with Gasteiger partial charge in [0.25, 0.3) is 0 Å². The molecule has 2 N–H and O–H groups in total. The van der Waals surface area contributed by atoms with Crippen LogP contribution in [0.4, 0.5) is 4.79 Å². The number of carbonyl (C=O) groups excluding carboxylic acids is 1. The van der Waals surface area contributed by atoms with Crippen LogP contribution in [0.2, 0.25) is 0 Å². The normalized spacial score (nSPS) is 21.8. The summed E-state index contributed by atoms with van der Waals surface area (Å²) in [6.07, 6.45) is 4.91. The number of amides is 2. The Kier molecular flexibility index (Phi) is 3.12. The second kappa shape index (κ2) is 4.55. The van der Waals surface area contributed by atoms with Crippen molar-refractivity contribution in [2.75, 3.05) is 13.1 Å². The van der Waals surface area contributed by atoms with Crippen molar-refractivity contribution in [2.45, 2.75) is 25.2 Å². The minimum absolute atomic E-state index is 0.300. The molecular weight excluding hydrogens is 204 g/mol. The molecule has 1 saturated heterocycles. The molecular formula is C11H18N4O. The lowest BCUT2D eigenvalue weighted by Gasteiger charge is -2.17. The summed E-state index contributed by atoms with van der Waals surface area (Å²) in [5.41, 5.74) is 6.56. The summed E-state index contributed by atoms with van der Waals surface area (Å²) in [4.78, 5) is 12.8. The molecule has 2 amide bonds. The molecule has 0 aromatic carbocycles. The van der Waals surface area contributed by atoms with Gasteiger partial charge in [0.15, 0.2) is 0 Å². The van der Waals surface area contributed by atoms with Crippen LogP contribution in [-0.2, 0) is 7.05 Å². The molecule has 1 atom stereocenters. The van der Waals surface area contributed by atoms with Gasteiger partial charge in [-0.25, -0.2) is 4.79 Å². The van der Waals surface area contributed by atoms with Crippen LogP contribution in [-0.4, -0.2) is 33.8 Å². The Labute approximate surface area is 95.2 Å². The molecule has 5 heteroatoms. The second-order valence-electron chi connectivity index (χ2n) is 4.33. The van der Waals surface area contributed by atoms with Crippen LogP contribution in [0.1, 0.15) is 30.9 Å². The largest absolute Gasteiger partial charge is 0.351 e. The molecule has 1 fully saturated rings. The van der Waals surface area contributed by atoms with Crippen LogP contribution < -0.4 is 5.73 Å². The summed E-state index contributed by atoms with van der Waals surface area (Å²) >= 11 is 0. The molecule has 2 rings (SSSR count). The van der Waals surface area contributed by atoms with Crippen molar-refractivity contribution >= 4 is 6.03 Å². The number of aromatic nitrogens is 2. The minimum atomic E-state index is -0.300. The van der Waals surface area contributed by atoms with Gasteiger partial charge < -0.3 is 10.6 Å². The van der Waals surface area contributed by atoms with Crippen LogP contribution >= 0.6 is 0 Å². The number of hydrogen-bond donors (Lipinski definition) is 1. The highest BCUT2D eigenvalue weighted by Crippen LogP contribution is 2.27. The van der Waals surface area contributed by atoms with E-state index in [2.05, 4.69) is 11.2 Å². The molecule has 1 unspecified atom stereocenters. The third kappa shape index (κ3) is 2.18. The Morgan fingerprint density at radius 1 is 1.50 bits per heavy atom. The van der Waals surface area contributed by atoms with Gasteiger partial charge in [-0.3, -0.25) is 4.68 Å². The van der Waals surface area contributed by atoms with Gasteiger partial charge in [0.1, 0.15) is 0 Å². The standard InChI is InChI=1S/C11H18N4O/c1-14-10(4-6-13-14)9-3-2-7-15(8-5-9)11(12)16/h4,6,9H,2-3,5,7-8H2,1H3,(H2,12,16). The summed E-state index contributed by atoms with van der Waals surface area (Å²) < 4.78 is 1.92. The lowest BCUT2D eigenvalue weighted by molar-refractivity contribution is 0.209. The average molecular weight is 222 g/mol. The van der Waals surface area contributed by atoms with Crippen LogP contribution in [0.15, 0.2) is 12.3 Å². The van der Waals surface area contributed by atoms with Crippen molar-refractivity contribution < 1.29 is 4.79 Å². The maximum atomic E-state index is 11.1. The predicted molar refractivity (Wildman–Crippen MR) is 61.0 cm³/mol. The summed E-state index contributed by atoms with van der Waals surface area (Å²) in [6.45, 7) is 1.54. The third-order valence-electron chi connectivity index (χ3n) is 3.32. The van der Waals surface area contributed by atoms with E-state index in [1.54, 1.807) is 4.90 Å². The maximum absolute atomic E-state index is 11.1. The van der Waals surface area contributed by atoms with Crippen LogP contribution in [0.3, 0.4) is 0 Å². The van der Waals surface area contributed by atoms with Crippen LogP contribution in [0, 0.1) is 0 Å². The second-order valence-corrected chi connectivity index (χ2v) is 4.33. The van der Waals surface area contributed by atoms with Gasteiger partial charge in [-0.1, -0.05) is 0 Å². The topological polar surface area (TPSA) is 64.2 Å². The summed E-state index contributed by atoms with van der Waals surface area (Å²) in [7, 11) is 1.96. The van der Waals surface area contributed by atoms with Crippen molar-refractivity contribution in [3.8, 4) is 0 Å². The first-order valence-corrected chi connectivity index (χ1v) is 5.71. The van der Waals surface area contributed by atoms with E-state index in [1.807, 2.05) is 17.9 Å². The Morgan fingerprint density at radius 2 is 2.31 bits per heavy atom. The SMILES string of the molecule is Cn1nccc1C1CCCN(C(N)=O)CC1. The molecule has 5 nitrogen and oxygen atoms in total. The fraction of sp³-hybridized carbons (Fsp3) is 0.636. The van der Waals surface area contributed by atoms with E-state index in [-0.39, 0.29) is 6.03 Å². The van der Waals surface area contributed by atoms with Crippen molar-refractivity contribution in [3.63, 3.8) is 0 Å². The number of aryl methyl sites for hydroxylation is 1. The number of likely N-dealkylation sites (tertiary alicyclic amines) is 1. The smallest absolute Gasteiger partial charge is 0.314 e. The maximum Gasteiger partial charge on any atom is 0.314 e. The molecule has 1 aromatic rings. The molecule has 1 aliphatic rings. The predicted octanol–water partition coefficient (Wildman–Crippen LogP) is 1.07. The van der Waals surface area contributed by atoms with Crippen molar-refractivity contribution in [1.82, 2.24) is 14.7 Å². The number of hydrogen-bond acceptors (Lipinski definition) is 2. The van der Waals surface area contributed by atoms with Crippen molar-refractivity contribution in [2.24, 2.45) is 12.8 Å². The third-order valence-corrected chi connectivity index (χ3v) is 3.32. The Balaban J connectivity index is 2.04. The number of carbonyl (C=O) groups is 1. The summed E-state index contributed by atoms with van der Waals surface area (Å²) in [5.74, 6) is 0.497. The summed E-state index contributed by atoms with van der Waals surface area (Å²) in [6, 6.07) is 1.76. The van der Waals surface area contributed by atoms with Gasteiger partial charge >= 0.3 is 6.03 Å². The van der Waals surface area contributed by atoms with Gasteiger partial charge in [0, 0.05) is 37.9 Å². The number of nitrogens with two attached hydrogens (primary N) is 1. The van der Waals surface area contributed by atoms with E-state index in [9.17, 15) is 4.79 Å². The monoisotopic (exact) mass is 222 g/mol. The fourth-order valence-electron chi connectivity index (χ4n) is 2.40. The lowest BCUT2D eigenvalue weighted by atomic mass is 9.97. The van der Waals surface area contributed by atoms with Gasteiger partial charge in [-0.2, -0.15) is 5.10 Å². The number of nitrogens with zero attached hydrogens (tertiary/aromatic N) is 3. The van der Waals surface area contributed by atoms with E-state index in [0.29, 0.717) is 5.92 Å². The Morgan fingerprint density at radius 3 is 2.94 bits per heavy atom. The van der Waals surface area contributed by atoms with Crippen molar-refractivity contribution in [1.29, 1.82) is 0 Å². The average Bonchev–Trinajstić information content (AvgIpc) is 2.54. The highest BCUT2D eigenvalue weighted by atomic mass is 16.2. The lowest BCUT2D eigenvalue weighted by Crippen LogP contribution is -2.36. The zero-order valence-corrected chi connectivity index (χ0v) is 9.59. The molecule has 1 aromatic heterocycles. The number of primary amides is 1. The summed E-state index contributed by atoms with van der Waals surface area (Å²) in [5, 5.41) is 4.19. The Bertz CT molecular complexity index is 374. The molecule has 0 radical (unpaired) electrons. The minimum Gasteiger partial charge on any atom is -0.351 e. The van der Waals surface area contributed by atoms with Gasteiger partial charge in [-0.15, -0.1) is 0 Å². The molecule has 0 aliphatic carbocycles. The van der Waals surface area contributed by atoms with E-state index < -0.39 is 0 Å². The van der Waals surface area contributed by atoms with E-state index in [1.165, 1.54) is 5.69 Å². The molecule has 1 aliphatic heterocycles. The first-order valence-electron chi connectivity index (χ1n) is 5.71. The van der Waals surface area contributed by atoms with E-state index >= 15 is 0 Å². The number of urea groups is 1. The van der Waals surface area contributed by atoms with Crippen molar-refractivity contribution in [3.05, 3.63) is 18.0 Å². The van der Waals surface area contributed by atoms with Crippen LogP contribution in [0.25, 0.3) is 0 Å². The highest BCUT2D eigenvalue weighted by molar-refractivity contribution is 5.71. The van der Waals surface area contributed by atoms with Crippen LogP contribution in [0.5, 0.6) is 0 Å². The highest BCUT2D eigenvalue weighted by Gasteiger charge is 2.21. The number of rotatable bonds is 1. The fourth-order valence-corrected chi connectivity index (χ4v) is 2.40. The molecule has 88 valence electrons. The van der Waals surface area contributed by atoms with Gasteiger partial charge in [0.2, 0.25) is 0 Å². The quantitative estimate of drug-likeness (QED) is 0.772. The molecule has 0 spiro atoms. The van der Waals surface area contributed by atoms with Gasteiger partial charge in [0.05, 0.1) is 0 Å². The molecule has 16 heavy (non-hydrogen) atoms. The molecule has 0 saturated carbocycles. The zero-order valence-electron chi connectivity index (χ0n) is 9.59. The Hall–Kier alpha value is -1.52. The first-order chi connectivity index (χ1) is 7.68.